The van der Waals surface area contributed by atoms with Gasteiger partial charge in [-0.3, -0.25) is 0 Å². The van der Waals surface area contributed by atoms with Crippen molar-refractivity contribution in [2.75, 3.05) is 18.2 Å². The number of carbonyl (C=O) groups is 1. The monoisotopic (exact) mass is 263 g/mol. The Morgan fingerprint density at radius 2 is 2.17 bits per heavy atom. The van der Waals surface area contributed by atoms with Gasteiger partial charge in [-0.15, -0.1) is 0 Å². The molecule has 0 unspecified atom stereocenters. The van der Waals surface area contributed by atoms with E-state index in [2.05, 4.69) is 14.4 Å². The number of hydrogen-bond donors (Lipinski definition) is 2. The Bertz CT molecular complexity index is 540. The first-order chi connectivity index (χ1) is 8.72. The maximum atomic E-state index is 11.6. The van der Waals surface area contributed by atoms with Gasteiger partial charge in [0.25, 0.3) is 0 Å². The van der Waals surface area contributed by atoms with Crippen LogP contribution in [0.3, 0.4) is 0 Å². The normalized spacial score (nSPS) is 10.1. The summed E-state index contributed by atoms with van der Waals surface area (Å²) in [6.07, 6.45) is 0. The third kappa shape index (κ3) is 2.60. The Balaban J connectivity index is 2.13. The molecule has 6 heteroatoms. The summed E-state index contributed by atoms with van der Waals surface area (Å²) in [6, 6.07) is 9.86. The van der Waals surface area contributed by atoms with Crippen molar-refractivity contribution < 1.29 is 9.53 Å². The summed E-state index contributed by atoms with van der Waals surface area (Å²) in [7, 11) is 1.32. The average molecular weight is 263 g/mol. The van der Waals surface area contributed by atoms with Crippen LogP contribution >= 0.6 is 11.5 Å². The molecule has 0 atom stereocenters. The average Bonchev–Trinajstić information content (AvgIpc) is 2.78. The van der Waals surface area contributed by atoms with Gasteiger partial charge in [0.15, 0.2) is 5.82 Å². The molecule has 3 N–H and O–H groups in total. The summed E-state index contributed by atoms with van der Waals surface area (Å²) in [5.74, 6) is -0.278. The van der Waals surface area contributed by atoms with Gasteiger partial charge >= 0.3 is 5.97 Å². The van der Waals surface area contributed by atoms with Gasteiger partial charge in [-0.05, 0) is 17.1 Å². The predicted molar refractivity (Wildman–Crippen MR) is 71.6 cm³/mol. The number of anilines is 2. The summed E-state index contributed by atoms with van der Waals surface area (Å²) >= 11 is 1.15. The molecule has 0 aliphatic rings. The van der Waals surface area contributed by atoms with E-state index in [4.69, 9.17) is 5.73 Å². The van der Waals surface area contributed by atoms with Gasteiger partial charge in [0.1, 0.15) is 10.6 Å². The minimum atomic E-state index is -0.475. The lowest BCUT2D eigenvalue weighted by molar-refractivity contribution is 0.0603. The van der Waals surface area contributed by atoms with Crippen LogP contribution in [0.1, 0.15) is 15.9 Å². The second kappa shape index (κ2) is 5.50. The first-order valence-electron chi connectivity index (χ1n) is 5.33. The minimum absolute atomic E-state index is 0.197. The van der Waals surface area contributed by atoms with Gasteiger partial charge < -0.3 is 15.8 Å². The molecule has 5 nitrogen and oxygen atoms in total. The van der Waals surface area contributed by atoms with E-state index in [0.717, 1.165) is 17.1 Å². The van der Waals surface area contributed by atoms with Crippen LogP contribution in [-0.4, -0.2) is 17.5 Å². The lowest BCUT2D eigenvalue weighted by Gasteiger charge is -2.05. The van der Waals surface area contributed by atoms with Crippen molar-refractivity contribution in [1.82, 2.24) is 4.37 Å². The van der Waals surface area contributed by atoms with Crippen molar-refractivity contribution >= 4 is 28.3 Å². The molecule has 0 bridgehead atoms. The molecule has 1 aromatic carbocycles. The number of nitrogens with one attached hydrogen (secondary N) is 1. The van der Waals surface area contributed by atoms with E-state index >= 15 is 0 Å². The summed E-state index contributed by atoms with van der Waals surface area (Å²) in [5, 5.41) is 3.77. The zero-order valence-corrected chi connectivity index (χ0v) is 10.7. The summed E-state index contributed by atoms with van der Waals surface area (Å²) in [5.41, 5.74) is 7.06. The van der Waals surface area contributed by atoms with Crippen LogP contribution in [0.25, 0.3) is 0 Å². The molecular weight excluding hydrogens is 250 g/mol. The summed E-state index contributed by atoms with van der Waals surface area (Å²) in [6.45, 7) is 0.604. The molecule has 0 spiro atoms. The fourth-order valence-corrected chi connectivity index (χ4v) is 2.20. The van der Waals surface area contributed by atoms with E-state index in [1.165, 1.54) is 7.11 Å². The number of nitrogens with zero attached hydrogens (tertiary/aromatic N) is 1. The highest BCUT2D eigenvalue weighted by Crippen LogP contribution is 2.27. The van der Waals surface area contributed by atoms with Crippen LogP contribution in [0.15, 0.2) is 30.3 Å². The smallest absolute Gasteiger partial charge is 0.344 e. The second-order valence-electron chi connectivity index (χ2n) is 3.60. The topological polar surface area (TPSA) is 77.2 Å². The first kappa shape index (κ1) is 12.4. The number of methoxy groups -OCH3 is 1. The second-order valence-corrected chi connectivity index (χ2v) is 4.38. The van der Waals surface area contributed by atoms with Crippen molar-refractivity contribution in [1.29, 1.82) is 0 Å². The maximum Gasteiger partial charge on any atom is 0.344 e. The number of benzene rings is 1. The molecule has 18 heavy (non-hydrogen) atoms. The quantitative estimate of drug-likeness (QED) is 0.826. The van der Waals surface area contributed by atoms with Crippen molar-refractivity contribution in [3.63, 3.8) is 0 Å². The SMILES string of the molecule is COC(=O)c1c(N)nsc1NCc1ccccc1. The summed E-state index contributed by atoms with van der Waals surface area (Å²) in [4.78, 5) is 11.6. The number of ether oxygens (including phenoxy) is 1. The molecule has 94 valence electrons. The minimum Gasteiger partial charge on any atom is -0.465 e. The first-order valence-corrected chi connectivity index (χ1v) is 6.11. The van der Waals surface area contributed by atoms with Crippen LogP contribution in [0.4, 0.5) is 10.8 Å². The molecule has 0 fully saturated rings. The zero-order chi connectivity index (χ0) is 13.0. The maximum absolute atomic E-state index is 11.6. The highest BCUT2D eigenvalue weighted by molar-refractivity contribution is 7.11. The van der Waals surface area contributed by atoms with Gasteiger partial charge in [0.2, 0.25) is 0 Å². The molecule has 0 saturated heterocycles. The van der Waals surface area contributed by atoms with Crippen molar-refractivity contribution in [2.45, 2.75) is 6.54 Å². The molecule has 0 aliphatic heterocycles. The molecular formula is C12H13N3O2S. The van der Waals surface area contributed by atoms with Crippen molar-refractivity contribution in [3.8, 4) is 0 Å². The fraction of sp³-hybridized carbons (Fsp3) is 0.167. The number of aromatic nitrogens is 1. The number of hydrogen-bond acceptors (Lipinski definition) is 6. The van der Waals surface area contributed by atoms with Gasteiger partial charge in [0, 0.05) is 6.54 Å². The summed E-state index contributed by atoms with van der Waals surface area (Å²) < 4.78 is 8.63. The Morgan fingerprint density at radius 3 is 2.83 bits per heavy atom. The zero-order valence-electron chi connectivity index (χ0n) is 9.84. The Hall–Kier alpha value is -2.08. The molecule has 0 radical (unpaired) electrons. The highest BCUT2D eigenvalue weighted by Gasteiger charge is 2.19. The Morgan fingerprint density at radius 1 is 1.44 bits per heavy atom. The van der Waals surface area contributed by atoms with Gasteiger partial charge in [0.05, 0.1) is 7.11 Å². The molecule has 0 amide bonds. The van der Waals surface area contributed by atoms with Crippen LogP contribution in [0, 0.1) is 0 Å². The van der Waals surface area contributed by atoms with E-state index in [-0.39, 0.29) is 5.82 Å². The van der Waals surface area contributed by atoms with Crippen LogP contribution in [-0.2, 0) is 11.3 Å². The number of carbonyl (C=O) groups excluding carboxylic acids is 1. The molecule has 0 saturated carbocycles. The number of rotatable bonds is 4. The third-order valence-corrected chi connectivity index (χ3v) is 3.22. The lowest BCUT2D eigenvalue weighted by Crippen LogP contribution is -2.08. The number of esters is 1. The molecule has 2 aromatic rings. The predicted octanol–water partition coefficient (Wildman–Crippen LogP) is 2.12. The van der Waals surface area contributed by atoms with E-state index in [1.54, 1.807) is 0 Å². The molecule has 0 aliphatic carbocycles. The van der Waals surface area contributed by atoms with Gasteiger partial charge in [-0.25, -0.2) is 4.79 Å². The van der Waals surface area contributed by atoms with Crippen LogP contribution in [0.5, 0.6) is 0 Å². The van der Waals surface area contributed by atoms with E-state index in [0.29, 0.717) is 17.1 Å². The number of nitrogen functional groups attached to an aromatic ring is 1. The van der Waals surface area contributed by atoms with E-state index in [1.807, 2.05) is 30.3 Å². The Kier molecular flexibility index (Phi) is 3.78. The van der Waals surface area contributed by atoms with Gasteiger partial charge in [-0.2, -0.15) is 4.37 Å². The third-order valence-electron chi connectivity index (χ3n) is 2.40. The fourth-order valence-electron chi connectivity index (χ4n) is 1.50. The van der Waals surface area contributed by atoms with Gasteiger partial charge in [-0.1, -0.05) is 30.3 Å². The molecule has 2 rings (SSSR count). The van der Waals surface area contributed by atoms with E-state index < -0.39 is 5.97 Å². The standard InChI is InChI=1S/C12H13N3O2S/c1-17-12(16)9-10(13)15-18-11(9)14-7-8-5-3-2-4-6-8/h2-6,14H,7H2,1H3,(H2,13,15). The number of nitrogens with two attached hydrogens (primary N) is 1. The molecule has 1 heterocycles. The Labute approximate surface area is 109 Å². The van der Waals surface area contributed by atoms with Crippen molar-refractivity contribution in [3.05, 3.63) is 41.5 Å². The van der Waals surface area contributed by atoms with Crippen LogP contribution < -0.4 is 11.1 Å². The van der Waals surface area contributed by atoms with Crippen LogP contribution in [0.2, 0.25) is 0 Å². The lowest BCUT2D eigenvalue weighted by atomic mass is 10.2. The largest absolute Gasteiger partial charge is 0.465 e. The highest BCUT2D eigenvalue weighted by atomic mass is 32.1. The molecule has 1 aromatic heterocycles. The van der Waals surface area contributed by atoms with E-state index in [9.17, 15) is 4.79 Å². The van der Waals surface area contributed by atoms with Crippen molar-refractivity contribution in [2.24, 2.45) is 0 Å².